The third kappa shape index (κ3) is 6.86. The maximum absolute atomic E-state index is 11.1. The van der Waals surface area contributed by atoms with Crippen molar-refractivity contribution in [2.75, 3.05) is 19.8 Å². The van der Waals surface area contributed by atoms with E-state index in [0.717, 1.165) is 39.9 Å². The van der Waals surface area contributed by atoms with E-state index in [1.54, 1.807) is 6.20 Å². The number of rotatable bonds is 11. The number of amides is 1. The molecule has 2 aromatic heterocycles. The Morgan fingerprint density at radius 3 is 2.57 bits per heavy atom. The fourth-order valence-electron chi connectivity index (χ4n) is 3.75. The van der Waals surface area contributed by atoms with Gasteiger partial charge < -0.3 is 24.8 Å². The van der Waals surface area contributed by atoms with E-state index in [2.05, 4.69) is 34.3 Å². The van der Waals surface area contributed by atoms with Crippen molar-refractivity contribution in [3.8, 4) is 28.6 Å². The molecular formula is C26H34N4O5. The molecule has 0 bridgehead atoms. The smallest absolute Gasteiger partial charge is 0.258 e. The van der Waals surface area contributed by atoms with Gasteiger partial charge in [0, 0.05) is 29.6 Å². The molecule has 2 heterocycles. The minimum atomic E-state index is -0.906. The maximum Gasteiger partial charge on any atom is 0.258 e. The Bertz CT molecular complexity index is 1160. The van der Waals surface area contributed by atoms with E-state index in [-0.39, 0.29) is 13.2 Å². The summed E-state index contributed by atoms with van der Waals surface area (Å²) in [4.78, 5) is 20.3. The Balaban J connectivity index is 1.76. The lowest BCUT2D eigenvalue weighted by molar-refractivity contribution is -0.124. The van der Waals surface area contributed by atoms with Crippen molar-refractivity contribution in [3.05, 3.63) is 46.8 Å². The predicted molar refractivity (Wildman–Crippen MR) is 132 cm³/mol. The quantitative estimate of drug-likeness (QED) is 0.380. The fourth-order valence-corrected chi connectivity index (χ4v) is 3.75. The van der Waals surface area contributed by atoms with E-state index in [1.165, 1.54) is 0 Å². The summed E-state index contributed by atoms with van der Waals surface area (Å²) in [5.74, 6) is 1.54. The number of benzene rings is 1. The third-order valence-corrected chi connectivity index (χ3v) is 5.55. The summed E-state index contributed by atoms with van der Waals surface area (Å²) in [6.07, 6.45) is 2.50. The molecule has 1 aromatic carbocycles. The highest BCUT2D eigenvalue weighted by Crippen LogP contribution is 2.31. The van der Waals surface area contributed by atoms with E-state index in [1.807, 2.05) is 39.0 Å². The first-order chi connectivity index (χ1) is 16.7. The van der Waals surface area contributed by atoms with Crippen LogP contribution in [-0.4, -0.2) is 57.1 Å². The van der Waals surface area contributed by atoms with E-state index >= 15 is 0 Å². The SMILES string of the molecule is CCc1cc(-c2nc(-c3cnc(CC(C)C)c(C)c3)no2)cc(C)c1OC[C@@H](O)CNC(=O)CO. The Kier molecular flexibility index (Phi) is 8.95. The van der Waals surface area contributed by atoms with Gasteiger partial charge in [0.15, 0.2) is 0 Å². The molecule has 0 saturated carbocycles. The topological polar surface area (TPSA) is 131 Å². The van der Waals surface area contributed by atoms with E-state index in [0.29, 0.717) is 29.8 Å². The zero-order valence-corrected chi connectivity index (χ0v) is 21.0. The molecule has 9 heteroatoms. The van der Waals surface area contributed by atoms with Crippen LogP contribution in [0.3, 0.4) is 0 Å². The highest BCUT2D eigenvalue weighted by molar-refractivity contribution is 5.76. The molecule has 3 aromatic rings. The molecule has 0 unspecified atom stereocenters. The molecule has 0 aliphatic carbocycles. The van der Waals surface area contributed by atoms with Gasteiger partial charge in [0.1, 0.15) is 25.1 Å². The average molecular weight is 483 g/mol. The summed E-state index contributed by atoms with van der Waals surface area (Å²) >= 11 is 0. The standard InChI is InChI=1S/C26H34N4O5/c1-6-18-10-19(9-17(5)24(18)34-14-21(32)12-28-23(33)13-31)26-29-25(30-35-26)20-8-16(4)22(27-11-20)7-15(2)3/h8-11,15,21,31-32H,6-7,12-14H2,1-5H3,(H,28,33)/t21-/m0/s1. The summed E-state index contributed by atoms with van der Waals surface area (Å²) in [7, 11) is 0. The van der Waals surface area contributed by atoms with Gasteiger partial charge in [0.05, 0.1) is 0 Å². The molecule has 3 rings (SSSR count). The number of nitrogens with one attached hydrogen (secondary N) is 1. The fraction of sp³-hybridized carbons (Fsp3) is 0.462. The number of aliphatic hydroxyl groups is 2. The number of aromatic nitrogens is 3. The number of hydrogen-bond acceptors (Lipinski definition) is 8. The number of ether oxygens (including phenoxy) is 1. The van der Waals surface area contributed by atoms with Crippen LogP contribution >= 0.6 is 0 Å². The first kappa shape index (κ1) is 26.3. The van der Waals surface area contributed by atoms with Crippen LogP contribution < -0.4 is 10.1 Å². The summed E-state index contributed by atoms with van der Waals surface area (Å²) in [6.45, 7) is 9.69. The van der Waals surface area contributed by atoms with Gasteiger partial charge in [-0.05, 0) is 67.5 Å². The van der Waals surface area contributed by atoms with Crippen molar-refractivity contribution in [1.29, 1.82) is 0 Å². The number of nitrogens with zero attached hydrogens (tertiary/aromatic N) is 3. The van der Waals surface area contributed by atoms with Crippen LogP contribution in [-0.2, 0) is 17.6 Å². The number of pyridine rings is 1. The molecule has 0 aliphatic rings. The molecule has 1 atom stereocenters. The van der Waals surface area contributed by atoms with Crippen molar-refractivity contribution in [3.63, 3.8) is 0 Å². The van der Waals surface area contributed by atoms with Crippen LogP contribution in [0.5, 0.6) is 5.75 Å². The van der Waals surface area contributed by atoms with E-state index < -0.39 is 18.6 Å². The highest BCUT2D eigenvalue weighted by atomic mass is 16.5. The molecule has 3 N–H and O–H groups in total. The van der Waals surface area contributed by atoms with Crippen molar-refractivity contribution < 1.29 is 24.3 Å². The van der Waals surface area contributed by atoms with Crippen LogP contribution in [0, 0.1) is 19.8 Å². The van der Waals surface area contributed by atoms with Crippen LogP contribution in [0.1, 0.15) is 43.2 Å². The molecule has 188 valence electrons. The average Bonchev–Trinajstić information content (AvgIpc) is 3.32. The van der Waals surface area contributed by atoms with Gasteiger partial charge in [-0.25, -0.2) is 0 Å². The van der Waals surface area contributed by atoms with Gasteiger partial charge in [-0.2, -0.15) is 4.98 Å². The van der Waals surface area contributed by atoms with E-state index in [4.69, 9.17) is 14.4 Å². The molecule has 0 saturated heterocycles. The van der Waals surface area contributed by atoms with Gasteiger partial charge in [0.2, 0.25) is 11.7 Å². The molecule has 9 nitrogen and oxygen atoms in total. The number of aliphatic hydroxyl groups excluding tert-OH is 2. The lowest BCUT2D eigenvalue weighted by Crippen LogP contribution is -2.36. The molecule has 0 aliphatic heterocycles. The highest BCUT2D eigenvalue weighted by Gasteiger charge is 2.17. The second kappa shape index (κ2) is 11.9. The van der Waals surface area contributed by atoms with Crippen molar-refractivity contribution in [1.82, 2.24) is 20.4 Å². The van der Waals surface area contributed by atoms with Gasteiger partial charge in [-0.1, -0.05) is 25.9 Å². The summed E-state index contributed by atoms with van der Waals surface area (Å²) in [5, 5.41) is 25.4. The number of carbonyl (C=O) groups is 1. The van der Waals surface area contributed by atoms with Crippen LogP contribution in [0.25, 0.3) is 22.8 Å². The minimum absolute atomic E-state index is 0.00273. The monoisotopic (exact) mass is 482 g/mol. The Morgan fingerprint density at radius 1 is 1.17 bits per heavy atom. The van der Waals surface area contributed by atoms with Gasteiger partial charge >= 0.3 is 0 Å². The zero-order chi connectivity index (χ0) is 25.5. The first-order valence-corrected chi connectivity index (χ1v) is 11.8. The molecule has 1 amide bonds. The minimum Gasteiger partial charge on any atom is -0.490 e. The van der Waals surface area contributed by atoms with Crippen molar-refractivity contribution in [2.24, 2.45) is 5.92 Å². The first-order valence-electron chi connectivity index (χ1n) is 11.8. The largest absolute Gasteiger partial charge is 0.490 e. The third-order valence-electron chi connectivity index (χ3n) is 5.55. The molecule has 0 spiro atoms. The van der Waals surface area contributed by atoms with E-state index in [9.17, 15) is 9.90 Å². The molecule has 0 radical (unpaired) electrons. The number of aryl methyl sites for hydroxylation is 3. The zero-order valence-electron chi connectivity index (χ0n) is 21.0. The Morgan fingerprint density at radius 2 is 1.91 bits per heavy atom. The van der Waals surface area contributed by atoms with Crippen LogP contribution in [0.2, 0.25) is 0 Å². The predicted octanol–water partition coefficient (Wildman–Crippen LogP) is 3.02. The van der Waals surface area contributed by atoms with Crippen LogP contribution in [0.15, 0.2) is 28.9 Å². The maximum atomic E-state index is 11.1. The van der Waals surface area contributed by atoms with Gasteiger partial charge in [-0.3, -0.25) is 9.78 Å². The molecule has 35 heavy (non-hydrogen) atoms. The normalized spacial score (nSPS) is 12.1. The summed E-state index contributed by atoms with van der Waals surface area (Å²) in [5.41, 5.74) is 5.56. The molecule has 0 fully saturated rings. The Hall–Kier alpha value is -3.30. The van der Waals surface area contributed by atoms with Gasteiger partial charge in [0.25, 0.3) is 5.89 Å². The second-order valence-corrected chi connectivity index (χ2v) is 9.07. The second-order valence-electron chi connectivity index (χ2n) is 9.07. The van der Waals surface area contributed by atoms with Crippen molar-refractivity contribution in [2.45, 2.75) is 53.6 Å². The number of carbonyl (C=O) groups excluding carboxylic acids is 1. The van der Waals surface area contributed by atoms with Gasteiger partial charge in [-0.15, -0.1) is 0 Å². The Labute approximate surface area is 205 Å². The van der Waals surface area contributed by atoms with Crippen molar-refractivity contribution >= 4 is 5.91 Å². The summed E-state index contributed by atoms with van der Waals surface area (Å²) in [6, 6.07) is 5.88. The molecular weight excluding hydrogens is 448 g/mol. The van der Waals surface area contributed by atoms with Crippen LogP contribution in [0.4, 0.5) is 0 Å². The lowest BCUT2D eigenvalue weighted by atomic mass is 10.0. The summed E-state index contributed by atoms with van der Waals surface area (Å²) < 4.78 is 11.4. The lowest BCUT2D eigenvalue weighted by Gasteiger charge is -2.17. The number of hydrogen-bond donors (Lipinski definition) is 3.